The summed E-state index contributed by atoms with van der Waals surface area (Å²) in [4.78, 5) is 43.1. The Hall–Kier alpha value is -4.16. The highest BCUT2D eigenvalue weighted by Gasteiger charge is 2.33. The van der Waals surface area contributed by atoms with Crippen LogP contribution in [0.5, 0.6) is 11.5 Å². The van der Waals surface area contributed by atoms with Gasteiger partial charge in [-0.2, -0.15) is 0 Å². The van der Waals surface area contributed by atoms with Crippen LogP contribution >= 0.6 is 0 Å². The minimum atomic E-state index is -1.13. The number of hydrogen-bond donors (Lipinski definition) is 5. The second kappa shape index (κ2) is 11.5. The lowest BCUT2D eigenvalue weighted by molar-refractivity contribution is -0.137. The van der Waals surface area contributed by atoms with Crippen molar-refractivity contribution in [2.45, 2.75) is 38.3 Å². The number of urea groups is 1. The molecule has 0 radical (unpaired) electrons. The number of aromatic nitrogens is 2. The smallest absolute Gasteiger partial charge is 0.326 e. The standard InChI is InChI=1S/C26H32N6O6/c1-3-27-25(36)32-11-7-17-14-18(4-5-21(17)32)38-19-6-10-28-22(15-19)30-24(35)29-20(16-33)23(34)31-12-8-26(2,37)9-13-31/h4-7,10-11,14-15,20,33,37H,3,8-9,12-13,16H2,1-2H3,(H,27,36)(H2,28,29,30,35)/t20-/m0/s1. The second-order valence-corrected chi connectivity index (χ2v) is 9.38. The van der Waals surface area contributed by atoms with E-state index in [-0.39, 0.29) is 11.8 Å². The summed E-state index contributed by atoms with van der Waals surface area (Å²) >= 11 is 0. The molecule has 0 aliphatic carbocycles. The number of benzene rings is 1. The summed E-state index contributed by atoms with van der Waals surface area (Å²) in [5, 5.41) is 28.4. The van der Waals surface area contributed by atoms with Gasteiger partial charge in [0.15, 0.2) is 0 Å². The summed E-state index contributed by atoms with van der Waals surface area (Å²) in [6.07, 6.45) is 3.99. The number of pyridine rings is 1. The van der Waals surface area contributed by atoms with Crippen LogP contribution in [-0.2, 0) is 4.79 Å². The van der Waals surface area contributed by atoms with E-state index in [1.807, 2.05) is 13.0 Å². The van der Waals surface area contributed by atoms with E-state index >= 15 is 0 Å². The van der Waals surface area contributed by atoms with Crippen LogP contribution in [0.2, 0.25) is 0 Å². The maximum atomic E-state index is 12.7. The number of rotatable bonds is 7. The summed E-state index contributed by atoms with van der Waals surface area (Å²) in [6.45, 7) is 4.21. The van der Waals surface area contributed by atoms with Crippen LogP contribution < -0.4 is 20.7 Å². The number of hydrogen-bond acceptors (Lipinski definition) is 7. The number of ether oxygens (including phenoxy) is 1. The summed E-state index contributed by atoms with van der Waals surface area (Å²) in [7, 11) is 0. The van der Waals surface area contributed by atoms with E-state index in [9.17, 15) is 24.6 Å². The monoisotopic (exact) mass is 524 g/mol. The molecule has 1 fully saturated rings. The fraction of sp³-hybridized carbons (Fsp3) is 0.385. The summed E-state index contributed by atoms with van der Waals surface area (Å²) < 4.78 is 7.44. The molecule has 0 saturated carbocycles. The number of anilines is 1. The summed E-state index contributed by atoms with van der Waals surface area (Å²) in [5.74, 6) is 0.702. The zero-order valence-electron chi connectivity index (χ0n) is 21.3. The van der Waals surface area contributed by atoms with Crippen molar-refractivity contribution in [3.05, 3.63) is 48.8 Å². The first-order chi connectivity index (χ1) is 18.2. The number of aliphatic hydroxyl groups excluding tert-OH is 1. The van der Waals surface area contributed by atoms with Gasteiger partial charge in [0.05, 0.1) is 17.7 Å². The molecule has 4 rings (SSSR count). The Morgan fingerprint density at radius 1 is 1.13 bits per heavy atom. The van der Waals surface area contributed by atoms with Gasteiger partial charge in [0.1, 0.15) is 23.4 Å². The minimum absolute atomic E-state index is 0.182. The minimum Gasteiger partial charge on any atom is -0.457 e. The summed E-state index contributed by atoms with van der Waals surface area (Å²) in [6, 6.07) is 8.21. The fourth-order valence-electron chi connectivity index (χ4n) is 4.20. The molecule has 1 saturated heterocycles. The van der Waals surface area contributed by atoms with Crippen LogP contribution in [0.1, 0.15) is 26.7 Å². The molecule has 5 N–H and O–H groups in total. The third-order valence-electron chi connectivity index (χ3n) is 6.36. The molecule has 2 aromatic heterocycles. The maximum absolute atomic E-state index is 12.7. The highest BCUT2D eigenvalue weighted by molar-refractivity contribution is 5.94. The SMILES string of the molecule is CCNC(=O)n1ccc2cc(Oc3ccnc(NC(=O)N[C@@H](CO)C(=O)N4CCC(C)(O)CC4)c3)ccc21. The van der Waals surface area contributed by atoms with Crippen LogP contribution in [0, 0.1) is 0 Å². The van der Waals surface area contributed by atoms with Gasteiger partial charge in [0.25, 0.3) is 0 Å². The number of nitrogens with one attached hydrogen (secondary N) is 3. The first-order valence-electron chi connectivity index (χ1n) is 12.4. The number of carbonyl (C=O) groups is 3. The van der Waals surface area contributed by atoms with Gasteiger partial charge < -0.3 is 30.5 Å². The molecule has 0 unspecified atom stereocenters. The third kappa shape index (κ3) is 6.39. The molecule has 3 aromatic rings. The molecule has 0 bridgehead atoms. The zero-order chi connectivity index (χ0) is 27.3. The number of likely N-dealkylation sites (tertiary alicyclic amines) is 1. The van der Waals surface area contributed by atoms with Gasteiger partial charge in [-0.25, -0.2) is 14.6 Å². The molecule has 3 heterocycles. The normalized spacial score (nSPS) is 15.5. The fourth-order valence-corrected chi connectivity index (χ4v) is 4.20. The third-order valence-corrected chi connectivity index (χ3v) is 6.36. The van der Waals surface area contributed by atoms with Crippen molar-refractivity contribution in [1.82, 2.24) is 25.1 Å². The first kappa shape index (κ1) is 26.9. The Bertz CT molecular complexity index is 1310. The topological polar surface area (TPSA) is 158 Å². The van der Waals surface area contributed by atoms with Crippen LogP contribution in [-0.4, -0.2) is 80.5 Å². The predicted octanol–water partition coefficient (Wildman–Crippen LogP) is 2.26. The Kier molecular flexibility index (Phi) is 8.13. The molecule has 1 aromatic carbocycles. The van der Waals surface area contributed by atoms with Crippen molar-refractivity contribution in [2.75, 3.05) is 31.6 Å². The molecule has 38 heavy (non-hydrogen) atoms. The summed E-state index contributed by atoms with van der Waals surface area (Å²) in [5.41, 5.74) is -0.0863. The number of piperidine rings is 1. The molecule has 1 aliphatic rings. The van der Waals surface area contributed by atoms with E-state index in [1.165, 1.54) is 21.7 Å². The highest BCUT2D eigenvalue weighted by atomic mass is 16.5. The van der Waals surface area contributed by atoms with Crippen LogP contribution in [0.25, 0.3) is 10.9 Å². The Labute approximate surface area is 219 Å². The van der Waals surface area contributed by atoms with Crippen molar-refractivity contribution < 1.29 is 29.3 Å². The maximum Gasteiger partial charge on any atom is 0.326 e. The lowest BCUT2D eigenvalue weighted by Gasteiger charge is -2.37. The largest absolute Gasteiger partial charge is 0.457 e. The Balaban J connectivity index is 1.37. The van der Waals surface area contributed by atoms with E-state index in [0.717, 1.165) is 10.9 Å². The lowest BCUT2D eigenvalue weighted by atomic mass is 9.93. The van der Waals surface area contributed by atoms with Crippen LogP contribution in [0.3, 0.4) is 0 Å². The van der Waals surface area contributed by atoms with Crippen LogP contribution in [0.4, 0.5) is 15.4 Å². The predicted molar refractivity (Wildman–Crippen MR) is 140 cm³/mol. The molecular formula is C26H32N6O6. The van der Waals surface area contributed by atoms with Gasteiger partial charge >= 0.3 is 12.1 Å². The van der Waals surface area contributed by atoms with E-state index in [2.05, 4.69) is 20.9 Å². The van der Waals surface area contributed by atoms with E-state index < -0.39 is 30.2 Å². The lowest BCUT2D eigenvalue weighted by Crippen LogP contribution is -2.54. The second-order valence-electron chi connectivity index (χ2n) is 9.38. The molecule has 0 spiro atoms. The van der Waals surface area contributed by atoms with Gasteiger partial charge in [-0.15, -0.1) is 0 Å². The van der Waals surface area contributed by atoms with Gasteiger partial charge in [0.2, 0.25) is 5.91 Å². The van der Waals surface area contributed by atoms with Crippen molar-refractivity contribution in [1.29, 1.82) is 0 Å². The van der Waals surface area contributed by atoms with Crippen molar-refractivity contribution in [3.8, 4) is 11.5 Å². The molecule has 1 atom stereocenters. The van der Waals surface area contributed by atoms with Crippen molar-refractivity contribution in [3.63, 3.8) is 0 Å². The molecular weight excluding hydrogens is 492 g/mol. The van der Waals surface area contributed by atoms with E-state index in [1.54, 1.807) is 37.4 Å². The van der Waals surface area contributed by atoms with Crippen molar-refractivity contribution >= 4 is 34.7 Å². The molecule has 12 nitrogen and oxygen atoms in total. The van der Waals surface area contributed by atoms with Crippen LogP contribution in [0.15, 0.2) is 48.8 Å². The number of carbonyl (C=O) groups excluding carboxylic acids is 3. The Morgan fingerprint density at radius 2 is 1.87 bits per heavy atom. The van der Waals surface area contributed by atoms with E-state index in [0.29, 0.717) is 44.0 Å². The van der Waals surface area contributed by atoms with Gasteiger partial charge in [-0.05, 0) is 57.0 Å². The molecule has 202 valence electrons. The van der Waals surface area contributed by atoms with Gasteiger partial charge in [-0.1, -0.05) is 0 Å². The van der Waals surface area contributed by atoms with E-state index in [4.69, 9.17) is 4.74 Å². The van der Waals surface area contributed by atoms with Gasteiger partial charge in [0, 0.05) is 43.5 Å². The average Bonchev–Trinajstić information content (AvgIpc) is 3.31. The number of amides is 4. The molecule has 12 heteroatoms. The number of nitrogens with zero attached hydrogens (tertiary/aromatic N) is 3. The number of aliphatic hydroxyl groups is 2. The first-order valence-corrected chi connectivity index (χ1v) is 12.4. The van der Waals surface area contributed by atoms with Crippen molar-refractivity contribution in [2.24, 2.45) is 0 Å². The quantitative estimate of drug-likeness (QED) is 0.317. The molecule has 4 amide bonds. The van der Waals surface area contributed by atoms with Gasteiger partial charge in [-0.3, -0.25) is 14.7 Å². The Morgan fingerprint density at radius 3 is 2.58 bits per heavy atom. The highest BCUT2D eigenvalue weighted by Crippen LogP contribution is 2.27. The molecule has 1 aliphatic heterocycles. The number of fused-ring (bicyclic) bond motifs is 1. The average molecular weight is 525 g/mol. The zero-order valence-corrected chi connectivity index (χ0v) is 21.3.